The second-order valence-corrected chi connectivity index (χ2v) is 10.5. The van der Waals surface area contributed by atoms with Gasteiger partial charge in [0.25, 0.3) is 0 Å². The lowest BCUT2D eigenvalue weighted by Gasteiger charge is -2.36. The summed E-state index contributed by atoms with van der Waals surface area (Å²) < 4.78 is 5.97. The van der Waals surface area contributed by atoms with Gasteiger partial charge in [0, 0.05) is 55.5 Å². The minimum absolute atomic E-state index is 0.0664. The minimum Gasteiger partial charge on any atom is -0.497 e. The third-order valence-corrected chi connectivity index (χ3v) is 7.82. The summed E-state index contributed by atoms with van der Waals surface area (Å²) in [5.41, 5.74) is 3.17. The summed E-state index contributed by atoms with van der Waals surface area (Å²) in [5.74, 6) is 0.803. The predicted octanol–water partition coefficient (Wildman–Crippen LogP) is 3.73. The number of hydrogen-bond donors (Lipinski definition) is 2. The number of aromatic nitrogens is 1. The van der Waals surface area contributed by atoms with E-state index in [0.29, 0.717) is 24.5 Å². The van der Waals surface area contributed by atoms with Crippen LogP contribution in [-0.2, 0) is 20.8 Å². The Morgan fingerprint density at radius 1 is 0.973 bits per heavy atom. The van der Waals surface area contributed by atoms with Crippen molar-refractivity contribution in [2.45, 2.75) is 17.7 Å². The molecular weight excluding hydrogens is 510 g/mol. The molecule has 2 heterocycles. The zero-order valence-electron chi connectivity index (χ0n) is 20.7. The number of ether oxygens (including phenoxy) is 1. The Hall–Kier alpha value is -3.57. The Morgan fingerprint density at radius 2 is 1.62 bits per heavy atom. The van der Waals surface area contributed by atoms with Gasteiger partial charge in [-0.1, -0.05) is 11.8 Å². The van der Waals surface area contributed by atoms with Gasteiger partial charge in [-0.05, 0) is 48.5 Å². The van der Waals surface area contributed by atoms with Gasteiger partial charge in [-0.2, -0.15) is 0 Å². The second-order valence-electron chi connectivity index (χ2n) is 8.44. The summed E-state index contributed by atoms with van der Waals surface area (Å²) in [6.45, 7) is 4.34. The molecule has 0 aliphatic carbocycles. The zero-order valence-corrected chi connectivity index (χ0v) is 22.4. The summed E-state index contributed by atoms with van der Waals surface area (Å²) in [5, 5.41) is 7.40. The first-order valence-electron chi connectivity index (χ1n) is 11.8. The smallest absolute Gasteiger partial charge is 0.234 e. The molecule has 194 valence electrons. The number of nitrogens with zero attached hydrogens (tertiary/aromatic N) is 3. The summed E-state index contributed by atoms with van der Waals surface area (Å²) in [6.07, 6.45) is 0.256. The van der Waals surface area contributed by atoms with Gasteiger partial charge >= 0.3 is 0 Å². The van der Waals surface area contributed by atoms with E-state index in [1.165, 1.54) is 30.0 Å². The van der Waals surface area contributed by atoms with E-state index in [1.54, 1.807) is 31.4 Å². The number of piperazine rings is 1. The van der Waals surface area contributed by atoms with Crippen LogP contribution in [0, 0.1) is 0 Å². The van der Waals surface area contributed by atoms with E-state index in [4.69, 9.17) is 4.74 Å². The normalized spacial score (nSPS) is 13.2. The van der Waals surface area contributed by atoms with Crippen LogP contribution in [0.2, 0.25) is 0 Å². The summed E-state index contributed by atoms with van der Waals surface area (Å²) in [7, 11) is 1.65. The van der Waals surface area contributed by atoms with Gasteiger partial charge in [0.05, 0.1) is 25.0 Å². The van der Waals surface area contributed by atoms with Crippen LogP contribution < -0.4 is 20.3 Å². The van der Waals surface area contributed by atoms with Gasteiger partial charge in [0.15, 0.2) is 4.34 Å². The molecule has 1 aromatic heterocycles. The topological polar surface area (TPSA) is 104 Å². The van der Waals surface area contributed by atoms with E-state index in [2.05, 4.69) is 20.5 Å². The average molecular weight is 540 g/mol. The number of carbonyl (C=O) groups excluding carboxylic acids is 3. The van der Waals surface area contributed by atoms with Gasteiger partial charge < -0.3 is 25.2 Å². The number of benzene rings is 2. The molecule has 0 radical (unpaired) electrons. The number of thioether (sulfide) groups is 1. The molecule has 3 aromatic rings. The van der Waals surface area contributed by atoms with E-state index < -0.39 is 0 Å². The maximum absolute atomic E-state index is 12.8. The van der Waals surface area contributed by atoms with E-state index >= 15 is 0 Å². The number of rotatable bonds is 9. The molecule has 9 nitrogen and oxygen atoms in total. The van der Waals surface area contributed by atoms with E-state index in [-0.39, 0.29) is 29.9 Å². The molecule has 2 N–H and O–H groups in total. The van der Waals surface area contributed by atoms with Gasteiger partial charge in [0.2, 0.25) is 17.7 Å². The van der Waals surface area contributed by atoms with Crippen molar-refractivity contribution < 1.29 is 19.1 Å². The standard InChI is InChI=1S/C26H29N5O4S2/c1-18(32)27-19-3-5-20(6-4-19)28-24(33)17-37-26-29-21(16-36-26)15-25(34)31-13-11-30(12-14-31)22-7-9-23(35-2)10-8-22/h3-10,16H,11-15,17H2,1-2H3,(H,27,32)(H,28,33). The van der Waals surface area contributed by atoms with Crippen molar-refractivity contribution in [1.82, 2.24) is 9.88 Å². The van der Waals surface area contributed by atoms with Crippen molar-refractivity contribution in [3.63, 3.8) is 0 Å². The number of nitrogens with one attached hydrogen (secondary N) is 2. The van der Waals surface area contributed by atoms with Crippen LogP contribution in [0.25, 0.3) is 0 Å². The molecule has 1 aliphatic rings. The molecule has 1 aliphatic heterocycles. The molecule has 0 atom stereocenters. The number of hydrogen-bond acceptors (Lipinski definition) is 8. The van der Waals surface area contributed by atoms with Crippen molar-refractivity contribution >= 4 is 57.9 Å². The number of methoxy groups -OCH3 is 1. The molecule has 0 spiro atoms. The average Bonchev–Trinajstić information content (AvgIpc) is 3.35. The van der Waals surface area contributed by atoms with Crippen LogP contribution in [-0.4, -0.2) is 66.6 Å². The molecular formula is C26H29N5O4S2. The van der Waals surface area contributed by atoms with Crippen LogP contribution in [0.5, 0.6) is 5.75 Å². The molecule has 0 bridgehead atoms. The molecule has 11 heteroatoms. The van der Waals surface area contributed by atoms with Crippen LogP contribution >= 0.6 is 23.1 Å². The maximum Gasteiger partial charge on any atom is 0.234 e. The van der Waals surface area contributed by atoms with Crippen LogP contribution in [0.1, 0.15) is 12.6 Å². The highest BCUT2D eigenvalue weighted by Crippen LogP contribution is 2.24. The molecule has 0 saturated carbocycles. The van der Waals surface area contributed by atoms with Crippen molar-refractivity contribution in [2.24, 2.45) is 0 Å². The Labute approximate surface area is 224 Å². The molecule has 2 aromatic carbocycles. The van der Waals surface area contributed by atoms with Crippen molar-refractivity contribution in [2.75, 3.05) is 54.6 Å². The highest BCUT2D eigenvalue weighted by atomic mass is 32.2. The van der Waals surface area contributed by atoms with E-state index in [0.717, 1.165) is 34.6 Å². The van der Waals surface area contributed by atoms with Crippen LogP contribution in [0.3, 0.4) is 0 Å². The fourth-order valence-corrected chi connectivity index (χ4v) is 5.52. The molecule has 37 heavy (non-hydrogen) atoms. The highest BCUT2D eigenvalue weighted by Gasteiger charge is 2.22. The zero-order chi connectivity index (χ0) is 26.2. The van der Waals surface area contributed by atoms with Crippen LogP contribution in [0.4, 0.5) is 17.1 Å². The van der Waals surface area contributed by atoms with E-state index in [9.17, 15) is 14.4 Å². The molecule has 3 amide bonds. The predicted molar refractivity (Wildman–Crippen MR) is 148 cm³/mol. The number of amides is 3. The molecule has 1 saturated heterocycles. The Morgan fingerprint density at radius 3 is 2.24 bits per heavy atom. The van der Waals surface area contributed by atoms with Crippen molar-refractivity contribution in [3.8, 4) is 5.75 Å². The van der Waals surface area contributed by atoms with Gasteiger partial charge in [-0.15, -0.1) is 11.3 Å². The number of carbonyl (C=O) groups is 3. The SMILES string of the molecule is COc1ccc(N2CCN(C(=O)Cc3csc(SCC(=O)Nc4ccc(NC(C)=O)cc4)n3)CC2)cc1. The lowest BCUT2D eigenvalue weighted by atomic mass is 10.2. The van der Waals surface area contributed by atoms with Crippen molar-refractivity contribution in [3.05, 3.63) is 59.6 Å². The molecule has 0 unspecified atom stereocenters. The summed E-state index contributed by atoms with van der Waals surface area (Å²) >= 11 is 2.78. The third-order valence-electron chi connectivity index (χ3n) is 5.75. The number of anilines is 3. The fourth-order valence-electron chi connectivity index (χ4n) is 3.87. The highest BCUT2D eigenvalue weighted by molar-refractivity contribution is 8.01. The first-order chi connectivity index (χ1) is 17.9. The third kappa shape index (κ3) is 7.70. The summed E-state index contributed by atoms with van der Waals surface area (Å²) in [6, 6.07) is 14.9. The fraction of sp³-hybridized carbons (Fsp3) is 0.308. The van der Waals surface area contributed by atoms with Gasteiger partial charge in [-0.25, -0.2) is 4.98 Å². The first-order valence-corrected chi connectivity index (χ1v) is 13.7. The Bertz CT molecular complexity index is 1220. The lowest BCUT2D eigenvalue weighted by Crippen LogP contribution is -2.49. The van der Waals surface area contributed by atoms with Gasteiger partial charge in [-0.3, -0.25) is 14.4 Å². The lowest BCUT2D eigenvalue weighted by molar-refractivity contribution is -0.130. The Kier molecular flexibility index (Phi) is 9.02. The maximum atomic E-state index is 12.8. The molecule has 1 fully saturated rings. The minimum atomic E-state index is -0.153. The largest absolute Gasteiger partial charge is 0.497 e. The second kappa shape index (κ2) is 12.6. The first kappa shape index (κ1) is 26.5. The molecule has 4 rings (SSSR count). The quantitative estimate of drug-likeness (QED) is 0.399. The van der Waals surface area contributed by atoms with E-state index in [1.807, 2.05) is 34.5 Å². The number of thiazole rings is 1. The van der Waals surface area contributed by atoms with Gasteiger partial charge in [0.1, 0.15) is 5.75 Å². The van der Waals surface area contributed by atoms with Crippen molar-refractivity contribution in [1.29, 1.82) is 0 Å². The monoisotopic (exact) mass is 539 g/mol. The Balaban J connectivity index is 1.19. The summed E-state index contributed by atoms with van der Waals surface area (Å²) in [4.78, 5) is 44.9. The van der Waals surface area contributed by atoms with Crippen LogP contribution in [0.15, 0.2) is 58.3 Å².